The van der Waals surface area contributed by atoms with E-state index in [-0.39, 0.29) is 36.6 Å². The number of likely N-dealkylation sites (tertiary alicyclic amines) is 1. The van der Waals surface area contributed by atoms with Crippen LogP contribution >= 0.6 is 11.6 Å². The van der Waals surface area contributed by atoms with Crippen molar-refractivity contribution >= 4 is 23.6 Å². The third-order valence-electron chi connectivity index (χ3n) is 4.90. The van der Waals surface area contributed by atoms with Crippen LogP contribution in [0.25, 0.3) is 0 Å². The lowest BCUT2D eigenvalue weighted by molar-refractivity contribution is -0.132. The molecule has 5 nitrogen and oxygen atoms in total. The molecular weight excluding hydrogens is 340 g/mol. The molecule has 2 amide bonds. The molecule has 1 heterocycles. The largest absolute Gasteiger partial charge is 0.445 e. The van der Waals surface area contributed by atoms with Crippen LogP contribution in [0.3, 0.4) is 0 Å². The molecule has 0 radical (unpaired) electrons. The molecule has 2 fully saturated rings. The Hall–Kier alpha value is -1.75. The van der Waals surface area contributed by atoms with E-state index >= 15 is 0 Å². The van der Waals surface area contributed by atoms with Gasteiger partial charge >= 0.3 is 6.09 Å². The van der Waals surface area contributed by atoms with Crippen LogP contribution in [0.4, 0.5) is 4.79 Å². The summed E-state index contributed by atoms with van der Waals surface area (Å²) in [6, 6.07) is 9.97. The Morgan fingerprint density at radius 3 is 2.60 bits per heavy atom. The number of amides is 2. The number of hydrogen-bond acceptors (Lipinski definition) is 3. The summed E-state index contributed by atoms with van der Waals surface area (Å²) in [5.41, 5.74) is 0.975. The number of carbonyl (C=O) groups excluding carboxylic acids is 2. The van der Waals surface area contributed by atoms with Crippen LogP contribution in [-0.2, 0) is 16.1 Å². The molecule has 1 saturated carbocycles. The molecule has 1 aliphatic carbocycles. The van der Waals surface area contributed by atoms with Crippen LogP contribution in [0.1, 0.15) is 37.7 Å². The molecule has 3 rings (SSSR count). The van der Waals surface area contributed by atoms with Gasteiger partial charge in [-0.05, 0) is 37.7 Å². The Bertz CT molecular complexity index is 592. The molecule has 0 bridgehead atoms. The van der Waals surface area contributed by atoms with Gasteiger partial charge in [-0.1, -0.05) is 30.3 Å². The Balaban J connectivity index is 1.60. The second-order valence-corrected chi connectivity index (χ2v) is 7.06. The number of rotatable bonds is 6. The Labute approximate surface area is 153 Å². The fourth-order valence-electron chi connectivity index (χ4n) is 3.38. The summed E-state index contributed by atoms with van der Waals surface area (Å²) in [5.74, 6) is -0.0435. The van der Waals surface area contributed by atoms with E-state index in [9.17, 15) is 9.59 Å². The van der Waals surface area contributed by atoms with E-state index in [1.54, 1.807) is 0 Å². The third kappa shape index (κ3) is 4.88. The highest BCUT2D eigenvalue weighted by molar-refractivity contribution is 6.27. The molecule has 1 aromatic carbocycles. The maximum Gasteiger partial charge on any atom is 0.410 e. The summed E-state index contributed by atoms with van der Waals surface area (Å²) in [5, 5.41) is 0. The van der Waals surface area contributed by atoms with E-state index in [1.165, 1.54) is 0 Å². The zero-order valence-corrected chi connectivity index (χ0v) is 15.2. The Kier molecular flexibility index (Phi) is 6.19. The topological polar surface area (TPSA) is 49.9 Å². The van der Waals surface area contributed by atoms with Crippen LogP contribution in [0.15, 0.2) is 30.3 Å². The first-order chi connectivity index (χ1) is 12.2. The summed E-state index contributed by atoms with van der Waals surface area (Å²) in [4.78, 5) is 28.3. The lowest BCUT2D eigenvalue weighted by atomic mass is 10.0. The zero-order chi connectivity index (χ0) is 17.6. The number of alkyl halides is 1. The van der Waals surface area contributed by atoms with Gasteiger partial charge < -0.3 is 14.5 Å². The molecular formula is C19H25ClN2O3. The van der Waals surface area contributed by atoms with Crippen molar-refractivity contribution in [2.24, 2.45) is 0 Å². The average molecular weight is 365 g/mol. The van der Waals surface area contributed by atoms with Crippen LogP contribution in [-0.4, -0.2) is 52.9 Å². The van der Waals surface area contributed by atoms with Crippen molar-refractivity contribution in [2.45, 2.75) is 50.8 Å². The van der Waals surface area contributed by atoms with E-state index < -0.39 is 0 Å². The van der Waals surface area contributed by atoms with Crippen molar-refractivity contribution in [2.75, 3.05) is 19.0 Å². The summed E-state index contributed by atoms with van der Waals surface area (Å²) >= 11 is 5.75. The average Bonchev–Trinajstić information content (AvgIpc) is 3.49. The number of halogens is 1. The fraction of sp³-hybridized carbons (Fsp3) is 0.579. The first-order valence-electron chi connectivity index (χ1n) is 9.02. The fourth-order valence-corrected chi connectivity index (χ4v) is 3.54. The second-order valence-electron chi connectivity index (χ2n) is 6.79. The highest BCUT2D eigenvalue weighted by atomic mass is 35.5. The first kappa shape index (κ1) is 18.1. The molecule has 1 atom stereocenters. The van der Waals surface area contributed by atoms with Crippen LogP contribution in [0.5, 0.6) is 0 Å². The molecule has 136 valence electrons. The van der Waals surface area contributed by atoms with E-state index in [2.05, 4.69) is 0 Å². The van der Waals surface area contributed by atoms with Gasteiger partial charge in [0.15, 0.2) is 0 Å². The number of benzene rings is 1. The molecule has 25 heavy (non-hydrogen) atoms. The minimum Gasteiger partial charge on any atom is -0.445 e. The van der Waals surface area contributed by atoms with Gasteiger partial charge in [0.25, 0.3) is 0 Å². The van der Waals surface area contributed by atoms with Gasteiger partial charge in [-0.3, -0.25) is 4.79 Å². The molecule has 0 aromatic heterocycles. The Morgan fingerprint density at radius 2 is 1.92 bits per heavy atom. The quantitative estimate of drug-likeness (QED) is 0.727. The lowest BCUT2D eigenvalue weighted by Crippen LogP contribution is -2.51. The zero-order valence-electron chi connectivity index (χ0n) is 14.4. The number of ether oxygens (including phenoxy) is 1. The van der Waals surface area contributed by atoms with Gasteiger partial charge in [0, 0.05) is 25.2 Å². The van der Waals surface area contributed by atoms with Crippen molar-refractivity contribution in [1.82, 2.24) is 9.80 Å². The number of piperidine rings is 1. The van der Waals surface area contributed by atoms with Gasteiger partial charge in [-0.15, -0.1) is 11.6 Å². The molecule has 0 unspecified atom stereocenters. The summed E-state index contributed by atoms with van der Waals surface area (Å²) < 4.78 is 5.51. The molecule has 0 spiro atoms. The Morgan fingerprint density at radius 1 is 1.16 bits per heavy atom. The minimum absolute atomic E-state index is 0.00160. The van der Waals surface area contributed by atoms with Crippen molar-refractivity contribution in [1.29, 1.82) is 0 Å². The predicted octanol–water partition coefficient (Wildman–Crippen LogP) is 3.41. The number of carbonyl (C=O) groups is 2. The van der Waals surface area contributed by atoms with Crippen molar-refractivity contribution < 1.29 is 14.3 Å². The summed E-state index contributed by atoms with van der Waals surface area (Å²) in [6.07, 6.45) is 4.73. The highest BCUT2D eigenvalue weighted by Crippen LogP contribution is 2.30. The normalized spacial score (nSPS) is 20.2. The summed E-state index contributed by atoms with van der Waals surface area (Å²) in [7, 11) is 0. The first-order valence-corrected chi connectivity index (χ1v) is 9.55. The van der Waals surface area contributed by atoms with E-state index in [0.717, 1.165) is 44.2 Å². The van der Waals surface area contributed by atoms with Crippen molar-refractivity contribution in [3.8, 4) is 0 Å². The highest BCUT2D eigenvalue weighted by Gasteiger charge is 2.37. The third-order valence-corrected chi connectivity index (χ3v) is 5.13. The van der Waals surface area contributed by atoms with Crippen LogP contribution in [0, 0.1) is 0 Å². The molecule has 6 heteroatoms. The van der Waals surface area contributed by atoms with Crippen LogP contribution in [0.2, 0.25) is 0 Å². The maximum atomic E-state index is 12.6. The molecule has 1 saturated heterocycles. The van der Waals surface area contributed by atoms with Gasteiger partial charge in [0.05, 0.1) is 0 Å². The van der Waals surface area contributed by atoms with Gasteiger partial charge in [0.2, 0.25) is 5.91 Å². The second kappa shape index (κ2) is 8.56. The maximum absolute atomic E-state index is 12.6. The van der Waals surface area contributed by atoms with E-state index in [1.807, 2.05) is 40.1 Å². The van der Waals surface area contributed by atoms with E-state index in [4.69, 9.17) is 16.3 Å². The van der Waals surface area contributed by atoms with Gasteiger partial charge in [0.1, 0.15) is 12.5 Å². The van der Waals surface area contributed by atoms with Crippen LogP contribution < -0.4 is 0 Å². The SMILES string of the molecule is O=C(OCc1ccccc1)N(C[C@@H]1CCCCN1C(=O)CCl)C1CC1. The lowest BCUT2D eigenvalue weighted by Gasteiger charge is -2.38. The minimum atomic E-state index is -0.282. The number of hydrogen-bond donors (Lipinski definition) is 0. The van der Waals surface area contributed by atoms with E-state index in [0.29, 0.717) is 6.54 Å². The molecule has 1 aromatic rings. The predicted molar refractivity (Wildman–Crippen MR) is 96.4 cm³/mol. The van der Waals surface area contributed by atoms with Gasteiger partial charge in [-0.25, -0.2) is 4.79 Å². The summed E-state index contributed by atoms with van der Waals surface area (Å²) in [6.45, 7) is 1.55. The molecule has 0 N–H and O–H groups in total. The molecule has 1 aliphatic heterocycles. The standard InChI is InChI=1S/C19H25ClN2O3/c20-12-18(23)21-11-5-4-8-17(21)13-22(16-9-10-16)19(24)25-14-15-6-2-1-3-7-15/h1-3,6-7,16-17H,4-5,8-14H2/t17-/m0/s1. The number of nitrogens with zero attached hydrogens (tertiary/aromatic N) is 2. The van der Waals surface area contributed by atoms with Gasteiger partial charge in [-0.2, -0.15) is 0 Å². The monoisotopic (exact) mass is 364 g/mol. The van der Waals surface area contributed by atoms with Crippen molar-refractivity contribution in [3.05, 3.63) is 35.9 Å². The molecule has 2 aliphatic rings. The smallest absolute Gasteiger partial charge is 0.410 e. The van der Waals surface area contributed by atoms with Crippen molar-refractivity contribution in [3.63, 3.8) is 0 Å².